The van der Waals surface area contributed by atoms with Crippen LogP contribution < -0.4 is 21.3 Å². The number of fused-ring (bicyclic) bond motifs is 1. The van der Waals surface area contributed by atoms with Crippen molar-refractivity contribution in [3.8, 4) is 17.2 Å². The number of para-hydroxylation sites is 1. The molecule has 5 rings (SSSR count). The van der Waals surface area contributed by atoms with E-state index in [4.69, 9.17) is 10.5 Å². The summed E-state index contributed by atoms with van der Waals surface area (Å²) in [6, 6.07) is 18.0. The molecule has 2 heterocycles. The molecule has 33 heavy (non-hydrogen) atoms. The van der Waals surface area contributed by atoms with Crippen LogP contribution >= 0.6 is 11.3 Å². The van der Waals surface area contributed by atoms with E-state index in [9.17, 15) is 4.79 Å². The predicted molar refractivity (Wildman–Crippen MR) is 135 cm³/mol. The van der Waals surface area contributed by atoms with Crippen LogP contribution in [0.4, 0.5) is 5.82 Å². The van der Waals surface area contributed by atoms with Gasteiger partial charge in [-0.25, -0.2) is 4.98 Å². The summed E-state index contributed by atoms with van der Waals surface area (Å²) >= 11 is 1.58. The van der Waals surface area contributed by atoms with Crippen LogP contribution in [-0.2, 0) is 6.54 Å². The molecule has 0 radical (unpaired) electrons. The number of nitrogens with zero attached hydrogens (tertiary/aromatic N) is 2. The van der Waals surface area contributed by atoms with Gasteiger partial charge in [0, 0.05) is 23.5 Å². The number of thiophene rings is 1. The molecule has 0 amide bonds. The molecule has 170 valence electrons. The Hall–Kier alpha value is -3.16. The lowest BCUT2D eigenvalue weighted by Gasteiger charge is -2.22. The fraction of sp³-hybridized carbons (Fsp3) is 0.308. The second-order valence-corrected chi connectivity index (χ2v) is 9.74. The zero-order chi connectivity index (χ0) is 22.8. The Balaban J connectivity index is 1.50. The Morgan fingerprint density at radius 2 is 1.91 bits per heavy atom. The second kappa shape index (κ2) is 9.37. The topological polar surface area (TPSA) is 82.2 Å². The number of aryl methyl sites for hydroxylation is 1. The van der Waals surface area contributed by atoms with E-state index in [0.717, 1.165) is 33.1 Å². The van der Waals surface area contributed by atoms with Crippen molar-refractivity contribution in [2.45, 2.75) is 51.6 Å². The summed E-state index contributed by atoms with van der Waals surface area (Å²) in [7, 11) is 0. The molecule has 0 atom stereocenters. The van der Waals surface area contributed by atoms with Crippen LogP contribution in [0, 0.1) is 6.92 Å². The van der Waals surface area contributed by atoms with Gasteiger partial charge in [-0.05, 0) is 49.6 Å². The Morgan fingerprint density at radius 3 is 2.70 bits per heavy atom. The lowest BCUT2D eigenvalue weighted by Crippen LogP contribution is -2.30. The van der Waals surface area contributed by atoms with E-state index in [1.54, 1.807) is 15.9 Å². The number of anilines is 1. The molecule has 0 saturated heterocycles. The van der Waals surface area contributed by atoms with Gasteiger partial charge in [-0.15, -0.1) is 11.3 Å². The molecular weight excluding hydrogens is 432 g/mol. The number of rotatable bonds is 6. The molecule has 1 saturated carbocycles. The van der Waals surface area contributed by atoms with E-state index in [1.807, 2.05) is 55.5 Å². The third-order valence-corrected chi connectivity index (χ3v) is 7.22. The Morgan fingerprint density at radius 1 is 1.12 bits per heavy atom. The van der Waals surface area contributed by atoms with Crippen molar-refractivity contribution in [1.82, 2.24) is 14.9 Å². The Bertz CT molecular complexity index is 1320. The summed E-state index contributed by atoms with van der Waals surface area (Å²) in [5, 5.41) is 3.68. The van der Waals surface area contributed by atoms with Crippen molar-refractivity contribution < 1.29 is 4.74 Å². The lowest BCUT2D eigenvalue weighted by molar-refractivity contribution is 0.373. The quantitative estimate of drug-likeness (QED) is 0.394. The van der Waals surface area contributed by atoms with Gasteiger partial charge in [0.05, 0.1) is 11.2 Å². The van der Waals surface area contributed by atoms with Gasteiger partial charge in [-0.3, -0.25) is 9.36 Å². The molecule has 3 N–H and O–H groups in total. The van der Waals surface area contributed by atoms with Crippen LogP contribution in [0.3, 0.4) is 0 Å². The molecule has 1 fully saturated rings. The maximum Gasteiger partial charge on any atom is 0.298 e. The first kappa shape index (κ1) is 21.7. The highest BCUT2D eigenvalue weighted by Crippen LogP contribution is 2.30. The van der Waals surface area contributed by atoms with Gasteiger partial charge in [0.25, 0.3) is 5.56 Å². The molecule has 1 aliphatic rings. The van der Waals surface area contributed by atoms with Crippen LogP contribution in [0.15, 0.2) is 59.4 Å². The first-order chi connectivity index (χ1) is 16.1. The molecule has 0 bridgehead atoms. The number of hydrogen-bond acceptors (Lipinski definition) is 6. The number of nitrogen functional groups attached to an aromatic ring is 1. The van der Waals surface area contributed by atoms with Crippen LogP contribution in [-0.4, -0.2) is 15.6 Å². The summed E-state index contributed by atoms with van der Waals surface area (Å²) in [5.74, 6) is 1.45. The Labute approximate surface area is 197 Å². The van der Waals surface area contributed by atoms with Crippen molar-refractivity contribution in [3.05, 3.63) is 75.4 Å². The van der Waals surface area contributed by atoms with Crippen molar-refractivity contribution in [2.24, 2.45) is 0 Å². The lowest BCUT2D eigenvalue weighted by atomic mass is 9.95. The highest BCUT2D eigenvalue weighted by molar-refractivity contribution is 7.18. The minimum absolute atomic E-state index is 0.00208. The van der Waals surface area contributed by atoms with Crippen molar-refractivity contribution in [1.29, 1.82) is 0 Å². The number of nitrogens with one attached hydrogen (secondary N) is 1. The number of aromatic nitrogens is 2. The predicted octanol–water partition coefficient (Wildman–Crippen LogP) is 5.55. The van der Waals surface area contributed by atoms with Crippen LogP contribution in [0.1, 0.15) is 42.5 Å². The molecule has 2 aromatic carbocycles. The van der Waals surface area contributed by atoms with Crippen molar-refractivity contribution in [3.63, 3.8) is 0 Å². The van der Waals surface area contributed by atoms with Gasteiger partial charge in [0.1, 0.15) is 16.3 Å². The molecular formula is C26H28N4O2S. The number of benzene rings is 2. The summed E-state index contributed by atoms with van der Waals surface area (Å²) in [5.41, 5.74) is 8.18. The van der Waals surface area contributed by atoms with E-state index in [1.165, 1.54) is 32.1 Å². The third kappa shape index (κ3) is 4.65. The van der Waals surface area contributed by atoms with E-state index in [-0.39, 0.29) is 11.4 Å². The van der Waals surface area contributed by atoms with Crippen molar-refractivity contribution >= 4 is 27.5 Å². The molecule has 2 aromatic heterocycles. The fourth-order valence-electron chi connectivity index (χ4n) is 4.39. The first-order valence-corrected chi connectivity index (χ1v) is 12.3. The average molecular weight is 461 g/mol. The largest absolute Gasteiger partial charge is 0.457 e. The molecule has 0 aliphatic heterocycles. The maximum absolute atomic E-state index is 13.1. The summed E-state index contributed by atoms with van der Waals surface area (Å²) in [6.07, 6.45) is 6.39. The molecule has 4 aromatic rings. The third-order valence-electron chi connectivity index (χ3n) is 6.20. The average Bonchev–Trinajstić information content (AvgIpc) is 3.23. The smallest absolute Gasteiger partial charge is 0.298 e. The van der Waals surface area contributed by atoms with Gasteiger partial charge in [0.2, 0.25) is 0 Å². The zero-order valence-corrected chi connectivity index (χ0v) is 19.5. The SMILES string of the molecule is Cc1ccc(-n2c(=O)c(N)nc3sc(CNC4CCCCC4)cc32)cc1Oc1ccccc1. The van der Waals surface area contributed by atoms with Gasteiger partial charge in [-0.2, -0.15) is 0 Å². The van der Waals surface area contributed by atoms with E-state index in [2.05, 4.69) is 16.4 Å². The number of nitrogens with two attached hydrogens (primary N) is 1. The number of hydrogen-bond donors (Lipinski definition) is 2. The summed E-state index contributed by atoms with van der Waals surface area (Å²) in [6.45, 7) is 2.76. The van der Waals surface area contributed by atoms with E-state index >= 15 is 0 Å². The summed E-state index contributed by atoms with van der Waals surface area (Å²) < 4.78 is 7.74. The Kier molecular flexibility index (Phi) is 6.15. The second-order valence-electron chi connectivity index (χ2n) is 8.62. The molecule has 7 heteroatoms. The standard InChI is InChI=1S/C26H28N4O2S/c1-17-12-13-19(14-23(17)32-20-10-6-3-7-11-20)30-22-15-21(16-28-18-8-4-2-5-9-18)33-25(22)29-24(27)26(30)31/h3,6-7,10-15,18,28H,2,4-5,8-9,16H2,1H3,(H2,27,29). The molecule has 0 spiro atoms. The van der Waals surface area contributed by atoms with E-state index in [0.29, 0.717) is 17.5 Å². The maximum atomic E-state index is 13.1. The van der Waals surface area contributed by atoms with Crippen LogP contribution in [0.2, 0.25) is 0 Å². The molecule has 0 unspecified atom stereocenters. The van der Waals surface area contributed by atoms with Crippen LogP contribution in [0.25, 0.3) is 16.0 Å². The monoisotopic (exact) mass is 460 g/mol. The fourth-order valence-corrected chi connectivity index (χ4v) is 5.36. The first-order valence-electron chi connectivity index (χ1n) is 11.5. The van der Waals surface area contributed by atoms with Gasteiger partial charge < -0.3 is 15.8 Å². The highest BCUT2D eigenvalue weighted by Gasteiger charge is 2.17. The summed E-state index contributed by atoms with van der Waals surface area (Å²) in [4.78, 5) is 19.4. The molecule has 6 nitrogen and oxygen atoms in total. The number of ether oxygens (including phenoxy) is 1. The normalized spacial score (nSPS) is 14.6. The zero-order valence-electron chi connectivity index (χ0n) is 18.7. The van der Waals surface area contributed by atoms with Crippen LogP contribution in [0.5, 0.6) is 11.5 Å². The minimum atomic E-state index is -0.318. The van der Waals surface area contributed by atoms with E-state index < -0.39 is 0 Å². The van der Waals surface area contributed by atoms with Gasteiger partial charge in [0.15, 0.2) is 5.82 Å². The van der Waals surface area contributed by atoms with Gasteiger partial charge in [-0.1, -0.05) is 43.5 Å². The molecule has 1 aliphatic carbocycles. The highest BCUT2D eigenvalue weighted by atomic mass is 32.1. The van der Waals surface area contributed by atoms with Gasteiger partial charge >= 0.3 is 0 Å². The van der Waals surface area contributed by atoms with Crippen molar-refractivity contribution in [2.75, 3.05) is 5.73 Å². The minimum Gasteiger partial charge on any atom is -0.457 e.